The van der Waals surface area contributed by atoms with Gasteiger partial charge < -0.3 is 5.32 Å². The molecule has 2 heterocycles. The van der Waals surface area contributed by atoms with E-state index < -0.39 is 0 Å². The Kier molecular flexibility index (Phi) is 2.97. The summed E-state index contributed by atoms with van der Waals surface area (Å²) in [4.78, 5) is 2.89. The summed E-state index contributed by atoms with van der Waals surface area (Å²) in [5.41, 5.74) is 0. The van der Waals surface area contributed by atoms with Crippen LogP contribution in [0, 0.1) is 5.92 Å². The number of nitrogens with one attached hydrogen (secondary N) is 1. The molecule has 2 aliphatic heterocycles. The third-order valence-electron chi connectivity index (χ3n) is 5.06. The number of fused-ring (bicyclic) bond motifs is 2. The summed E-state index contributed by atoms with van der Waals surface area (Å²) in [6.45, 7) is 5.86. The summed E-state index contributed by atoms with van der Waals surface area (Å²) in [7, 11) is 0. The first kappa shape index (κ1) is 11.0. The molecular weight excluding hydrogens is 196 g/mol. The lowest BCUT2D eigenvalue weighted by Gasteiger charge is -2.43. The fourth-order valence-electron chi connectivity index (χ4n) is 4.16. The van der Waals surface area contributed by atoms with E-state index in [1.54, 1.807) is 0 Å². The Bertz CT molecular complexity index is 235. The molecule has 3 rings (SSSR count). The van der Waals surface area contributed by atoms with E-state index in [-0.39, 0.29) is 0 Å². The van der Waals surface area contributed by atoms with E-state index in [4.69, 9.17) is 0 Å². The summed E-state index contributed by atoms with van der Waals surface area (Å²) in [6.07, 6.45) is 8.72. The van der Waals surface area contributed by atoms with Crippen molar-refractivity contribution >= 4 is 0 Å². The molecule has 3 unspecified atom stereocenters. The maximum Gasteiger partial charge on any atom is 0.0116 e. The average Bonchev–Trinajstić information content (AvgIpc) is 3.05. The number of rotatable bonds is 4. The van der Waals surface area contributed by atoms with E-state index >= 15 is 0 Å². The van der Waals surface area contributed by atoms with Gasteiger partial charge in [0.2, 0.25) is 0 Å². The van der Waals surface area contributed by atoms with Crippen molar-refractivity contribution in [3.8, 4) is 0 Å². The van der Waals surface area contributed by atoms with Crippen LogP contribution in [0.1, 0.15) is 52.4 Å². The van der Waals surface area contributed by atoms with Gasteiger partial charge in [0, 0.05) is 24.2 Å². The van der Waals surface area contributed by atoms with Crippen LogP contribution in [-0.2, 0) is 0 Å². The lowest BCUT2D eigenvalue weighted by Crippen LogP contribution is -2.52. The van der Waals surface area contributed by atoms with Crippen LogP contribution in [0.2, 0.25) is 0 Å². The Morgan fingerprint density at radius 3 is 2.25 bits per heavy atom. The number of hydrogen-bond donors (Lipinski definition) is 1. The third-order valence-corrected chi connectivity index (χ3v) is 5.06. The summed E-state index contributed by atoms with van der Waals surface area (Å²) in [5.74, 6) is 1.04. The van der Waals surface area contributed by atoms with Crippen LogP contribution in [0.4, 0.5) is 0 Å². The molecule has 0 spiro atoms. The zero-order valence-corrected chi connectivity index (χ0v) is 10.8. The Labute approximate surface area is 99.8 Å². The molecule has 0 amide bonds. The first-order valence-corrected chi connectivity index (χ1v) is 7.30. The van der Waals surface area contributed by atoms with E-state index in [0.29, 0.717) is 0 Å². The van der Waals surface area contributed by atoms with Crippen LogP contribution in [0.5, 0.6) is 0 Å². The second-order valence-corrected chi connectivity index (χ2v) is 6.14. The first-order chi connectivity index (χ1) is 7.79. The molecule has 2 heteroatoms. The smallest absolute Gasteiger partial charge is 0.0116 e. The molecule has 3 atom stereocenters. The molecule has 92 valence electrons. The van der Waals surface area contributed by atoms with Crippen LogP contribution >= 0.6 is 0 Å². The van der Waals surface area contributed by atoms with E-state index in [0.717, 1.165) is 36.6 Å². The van der Waals surface area contributed by atoms with Gasteiger partial charge in [0.25, 0.3) is 0 Å². The normalized spacial score (nSPS) is 41.2. The van der Waals surface area contributed by atoms with Gasteiger partial charge in [-0.25, -0.2) is 0 Å². The minimum Gasteiger partial charge on any atom is -0.314 e. The van der Waals surface area contributed by atoms with Crippen LogP contribution in [0.3, 0.4) is 0 Å². The Morgan fingerprint density at radius 1 is 1.12 bits per heavy atom. The van der Waals surface area contributed by atoms with E-state index in [1.165, 1.54) is 38.5 Å². The summed E-state index contributed by atoms with van der Waals surface area (Å²) in [5, 5.41) is 3.66. The van der Waals surface area contributed by atoms with Gasteiger partial charge in [-0.05, 0) is 57.9 Å². The van der Waals surface area contributed by atoms with Crippen molar-refractivity contribution in [2.45, 2.75) is 76.5 Å². The van der Waals surface area contributed by atoms with E-state index in [2.05, 4.69) is 24.1 Å². The number of nitrogens with zero attached hydrogens (tertiary/aromatic N) is 1. The highest BCUT2D eigenvalue weighted by Gasteiger charge is 2.45. The molecule has 3 fully saturated rings. The highest BCUT2D eigenvalue weighted by molar-refractivity contribution is 5.01. The van der Waals surface area contributed by atoms with Gasteiger partial charge in [-0.3, -0.25) is 4.90 Å². The molecule has 2 nitrogen and oxygen atoms in total. The number of hydrogen-bond acceptors (Lipinski definition) is 2. The van der Waals surface area contributed by atoms with Crippen molar-refractivity contribution in [3.05, 3.63) is 0 Å². The highest BCUT2D eigenvalue weighted by atomic mass is 15.3. The van der Waals surface area contributed by atoms with Crippen molar-refractivity contribution in [1.29, 1.82) is 0 Å². The molecule has 0 radical (unpaired) electrons. The molecule has 1 saturated carbocycles. The average molecular weight is 222 g/mol. The lowest BCUT2D eigenvalue weighted by molar-refractivity contribution is 0.0680. The van der Waals surface area contributed by atoms with Crippen LogP contribution < -0.4 is 5.32 Å². The van der Waals surface area contributed by atoms with Crippen LogP contribution in [0.15, 0.2) is 0 Å². The fraction of sp³-hybridized carbons (Fsp3) is 1.00. The minimum atomic E-state index is 0.810. The zero-order valence-electron chi connectivity index (χ0n) is 10.8. The highest BCUT2D eigenvalue weighted by Crippen LogP contribution is 2.43. The molecule has 2 bridgehead atoms. The maximum absolute atomic E-state index is 3.66. The quantitative estimate of drug-likeness (QED) is 0.786. The zero-order chi connectivity index (χ0) is 11.1. The van der Waals surface area contributed by atoms with E-state index in [9.17, 15) is 0 Å². The number of piperidine rings is 1. The van der Waals surface area contributed by atoms with Crippen LogP contribution in [-0.4, -0.2) is 35.6 Å². The fourth-order valence-corrected chi connectivity index (χ4v) is 4.16. The summed E-state index contributed by atoms with van der Waals surface area (Å²) >= 11 is 0. The molecule has 0 aromatic carbocycles. The van der Waals surface area contributed by atoms with Gasteiger partial charge in [-0.1, -0.05) is 6.92 Å². The predicted molar refractivity (Wildman–Crippen MR) is 67.5 cm³/mol. The monoisotopic (exact) mass is 222 g/mol. The minimum absolute atomic E-state index is 0.810. The molecule has 2 saturated heterocycles. The van der Waals surface area contributed by atoms with Crippen LogP contribution in [0.25, 0.3) is 0 Å². The second-order valence-electron chi connectivity index (χ2n) is 6.14. The Hall–Kier alpha value is -0.0800. The predicted octanol–water partition coefficient (Wildman–Crippen LogP) is 2.39. The Balaban J connectivity index is 1.65. The SMILES string of the molecule is CCNC1CC2CCC(C1)N2C(C)C1CC1. The molecule has 0 aromatic heterocycles. The second kappa shape index (κ2) is 4.30. The van der Waals surface area contributed by atoms with Crippen molar-refractivity contribution in [3.63, 3.8) is 0 Å². The van der Waals surface area contributed by atoms with Gasteiger partial charge in [0.15, 0.2) is 0 Å². The molecular formula is C14H26N2. The Morgan fingerprint density at radius 2 is 1.75 bits per heavy atom. The van der Waals surface area contributed by atoms with Gasteiger partial charge in [-0.2, -0.15) is 0 Å². The molecule has 1 aliphatic carbocycles. The molecule has 1 N–H and O–H groups in total. The van der Waals surface area contributed by atoms with Crippen molar-refractivity contribution in [2.24, 2.45) is 5.92 Å². The van der Waals surface area contributed by atoms with E-state index in [1.807, 2.05) is 0 Å². The third kappa shape index (κ3) is 1.91. The van der Waals surface area contributed by atoms with Crippen molar-refractivity contribution in [1.82, 2.24) is 10.2 Å². The molecule has 16 heavy (non-hydrogen) atoms. The van der Waals surface area contributed by atoms with Gasteiger partial charge in [0.1, 0.15) is 0 Å². The summed E-state index contributed by atoms with van der Waals surface area (Å²) in [6, 6.07) is 3.49. The lowest BCUT2D eigenvalue weighted by atomic mass is 9.94. The summed E-state index contributed by atoms with van der Waals surface area (Å²) < 4.78 is 0. The maximum atomic E-state index is 3.66. The van der Waals surface area contributed by atoms with Gasteiger partial charge in [0.05, 0.1) is 0 Å². The first-order valence-electron chi connectivity index (χ1n) is 7.30. The molecule has 0 aromatic rings. The molecule has 3 aliphatic rings. The standard InChI is InChI=1S/C14H26N2/c1-3-15-12-8-13-6-7-14(9-12)16(13)10(2)11-4-5-11/h10-15H,3-9H2,1-2H3. The largest absolute Gasteiger partial charge is 0.314 e. The van der Waals surface area contributed by atoms with Crippen molar-refractivity contribution in [2.75, 3.05) is 6.54 Å². The van der Waals surface area contributed by atoms with Gasteiger partial charge >= 0.3 is 0 Å². The van der Waals surface area contributed by atoms with Crippen molar-refractivity contribution < 1.29 is 0 Å². The van der Waals surface area contributed by atoms with Gasteiger partial charge in [-0.15, -0.1) is 0 Å². The topological polar surface area (TPSA) is 15.3 Å².